The number of benzene rings is 2. The number of carbonyl (C=O) groups excluding carboxylic acids is 2. The maximum absolute atomic E-state index is 13.8. The van der Waals surface area contributed by atoms with Crippen LogP contribution in [-0.2, 0) is 4.79 Å². The Kier molecular flexibility index (Phi) is 7.86. The molecule has 2 amide bonds. The maximum atomic E-state index is 13.8. The van der Waals surface area contributed by atoms with Gasteiger partial charge in [-0.05, 0) is 32.4 Å². The van der Waals surface area contributed by atoms with Crippen LogP contribution in [0.3, 0.4) is 0 Å². The Morgan fingerprint density at radius 3 is 2.43 bits per heavy atom. The highest BCUT2D eigenvalue weighted by molar-refractivity contribution is 6.06. The fraction of sp³-hybridized carbons (Fsp3) is 0.310. The number of para-hydroxylation sites is 1. The van der Waals surface area contributed by atoms with Crippen LogP contribution in [0.4, 0.5) is 0 Å². The van der Waals surface area contributed by atoms with Gasteiger partial charge in [-0.15, -0.1) is 0 Å². The molecule has 0 bridgehead atoms. The minimum Gasteiger partial charge on any atom is -0.483 e. The molecule has 1 N–H and O–H groups in total. The van der Waals surface area contributed by atoms with Gasteiger partial charge in [0.25, 0.3) is 11.8 Å². The molecular formula is C29H33N5O3. The van der Waals surface area contributed by atoms with E-state index in [0.29, 0.717) is 34.5 Å². The molecule has 0 aliphatic carbocycles. The molecule has 0 spiro atoms. The Bertz CT molecular complexity index is 1400. The summed E-state index contributed by atoms with van der Waals surface area (Å²) in [5, 5.41) is 8.39. The van der Waals surface area contributed by atoms with Gasteiger partial charge < -0.3 is 15.0 Å². The van der Waals surface area contributed by atoms with Gasteiger partial charge in [0.1, 0.15) is 5.75 Å². The van der Waals surface area contributed by atoms with E-state index >= 15 is 0 Å². The first-order valence-electron chi connectivity index (χ1n) is 12.5. The molecule has 37 heavy (non-hydrogen) atoms. The Morgan fingerprint density at radius 2 is 1.76 bits per heavy atom. The monoisotopic (exact) mass is 499 g/mol. The second-order valence-electron chi connectivity index (χ2n) is 9.39. The minimum absolute atomic E-state index is 0.0752. The van der Waals surface area contributed by atoms with E-state index in [1.54, 1.807) is 20.3 Å². The second-order valence-corrected chi connectivity index (χ2v) is 9.39. The standard InChI is InChI=1S/C29H33N5O3/c1-6-24(21-14-10-11-15-26(21)37-18-27(35)33(4)5)32-29(36)22-16-25(20-12-8-7-9-13-20)31-28-23(22)17-30-34(28)19(2)3/h7-17,19,24H,6,18H2,1-5H3,(H,32,36). The molecule has 0 aliphatic heterocycles. The lowest BCUT2D eigenvalue weighted by molar-refractivity contribution is -0.130. The lowest BCUT2D eigenvalue weighted by atomic mass is 10.0. The molecule has 8 nitrogen and oxygen atoms in total. The summed E-state index contributed by atoms with van der Waals surface area (Å²) in [4.78, 5) is 32.2. The third kappa shape index (κ3) is 5.63. The molecule has 8 heteroatoms. The van der Waals surface area contributed by atoms with E-state index in [1.807, 2.05) is 86.1 Å². The number of hydrogen-bond acceptors (Lipinski definition) is 5. The predicted molar refractivity (Wildman–Crippen MR) is 144 cm³/mol. The van der Waals surface area contributed by atoms with Gasteiger partial charge in [0.2, 0.25) is 0 Å². The number of aromatic nitrogens is 3. The molecule has 4 rings (SSSR count). The number of rotatable bonds is 9. The van der Waals surface area contributed by atoms with Crippen LogP contribution >= 0.6 is 0 Å². The molecule has 0 aliphatic rings. The van der Waals surface area contributed by atoms with Crippen LogP contribution in [0, 0.1) is 0 Å². The van der Waals surface area contributed by atoms with Gasteiger partial charge in [-0.2, -0.15) is 5.10 Å². The van der Waals surface area contributed by atoms with Crippen molar-refractivity contribution >= 4 is 22.8 Å². The van der Waals surface area contributed by atoms with E-state index in [-0.39, 0.29) is 30.5 Å². The summed E-state index contributed by atoms with van der Waals surface area (Å²) in [6.07, 6.45) is 2.34. The van der Waals surface area contributed by atoms with Crippen molar-refractivity contribution in [3.63, 3.8) is 0 Å². The molecule has 4 aromatic rings. The van der Waals surface area contributed by atoms with E-state index < -0.39 is 0 Å². The zero-order chi connectivity index (χ0) is 26.5. The summed E-state index contributed by atoms with van der Waals surface area (Å²) in [5.74, 6) is 0.211. The number of fused-ring (bicyclic) bond motifs is 1. The van der Waals surface area contributed by atoms with Gasteiger partial charge in [-0.1, -0.05) is 55.5 Å². The maximum Gasteiger partial charge on any atom is 0.259 e. The number of likely N-dealkylation sites (N-methyl/N-ethyl adjacent to an activating group) is 1. The number of pyridine rings is 1. The van der Waals surface area contributed by atoms with Crippen molar-refractivity contribution in [1.82, 2.24) is 25.0 Å². The third-order valence-corrected chi connectivity index (χ3v) is 6.23. The van der Waals surface area contributed by atoms with Crippen LogP contribution in [-0.4, -0.2) is 52.2 Å². The first-order chi connectivity index (χ1) is 17.8. The number of nitrogens with one attached hydrogen (secondary N) is 1. The van der Waals surface area contributed by atoms with Gasteiger partial charge in [0.05, 0.1) is 28.9 Å². The summed E-state index contributed by atoms with van der Waals surface area (Å²) < 4.78 is 7.68. The molecule has 0 saturated carbocycles. The topological polar surface area (TPSA) is 89.4 Å². The van der Waals surface area contributed by atoms with Crippen molar-refractivity contribution in [2.75, 3.05) is 20.7 Å². The second kappa shape index (κ2) is 11.2. The number of hydrogen-bond donors (Lipinski definition) is 1. The highest BCUT2D eigenvalue weighted by atomic mass is 16.5. The van der Waals surface area contributed by atoms with E-state index in [0.717, 1.165) is 11.1 Å². The summed E-state index contributed by atoms with van der Waals surface area (Å²) in [7, 11) is 3.38. The summed E-state index contributed by atoms with van der Waals surface area (Å²) in [6.45, 7) is 6.00. The van der Waals surface area contributed by atoms with Crippen molar-refractivity contribution in [3.05, 3.63) is 78.0 Å². The van der Waals surface area contributed by atoms with Crippen molar-refractivity contribution in [3.8, 4) is 17.0 Å². The molecule has 0 radical (unpaired) electrons. The lowest BCUT2D eigenvalue weighted by Gasteiger charge is -2.21. The predicted octanol–water partition coefficient (Wildman–Crippen LogP) is 5.03. The average Bonchev–Trinajstić information content (AvgIpc) is 3.35. The smallest absolute Gasteiger partial charge is 0.259 e. The van der Waals surface area contributed by atoms with E-state index in [1.165, 1.54) is 4.90 Å². The van der Waals surface area contributed by atoms with Crippen LogP contribution in [0.2, 0.25) is 0 Å². The van der Waals surface area contributed by atoms with Gasteiger partial charge in [0.15, 0.2) is 12.3 Å². The van der Waals surface area contributed by atoms with E-state index in [2.05, 4.69) is 10.4 Å². The van der Waals surface area contributed by atoms with Crippen LogP contribution in [0.1, 0.15) is 55.2 Å². The van der Waals surface area contributed by atoms with E-state index in [9.17, 15) is 9.59 Å². The van der Waals surface area contributed by atoms with Crippen LogP contribution in [0.25, 0.3) is 22.3 Å². The zero-order valence-electron chi connectivity index (χ0n) is 21.9. The quantitative estimate of drug-likeness (QED) is 0.349. The normalized spacial score (nSPS) is 11.9. The van der Waals surface area contributed by atoms with Crippen LogP contribution < -0.4 is 10.1 Å². The minimum atomic E-state index is -0.318. The van der Waals surface area contributed by atoms with Crippen molar-refractivity contribution in [2.45, 2.75) is 39.3 Å². The SMILES string of the molecule is CCC(NC(=O)c1cc(-c2ccccc2)nc2c1cnn2C(C)C)c1ccccc1OCC(=O)N(C)C. The molecule has 0 fully saturated rings. The van der Waals surface area contributed by atoms with Crippen LogP contribution in [0.5, 0.6) is 5.75 Å². The van der Waals surface area contributed by atoms with Gasteiger partial charge in [0, 0.05) is 31.3 Å². The summed E-state index contributed by atoms with van der Waals surface area (Å²) >= 11 is 0. The zero-order valence-corrected chi connectivity index (χ0v) is 21.9. The molecule has 1 atom stereocenters. The average molecular weight is 500 g/mol. The Hall–Kier alpha value is -4.20. The fourth-order valence-electron chi connectivity index (χ4n) is 4.14. The number of nitrogens with zero attached hydrogens (tertiary/aromatic N) is 4. The van der Waals surface area contributed by atoms with Gasteiger partial charge in [-0.25, -0.2) is 9.67 Å². The largest absolute Gasteiger partial charge is 0.483 e. The molecular weight excluding hydrogens is 466 g/mol. The molecule has 2 aromatic heterocycles. The Labute approximate surface area is 217 Å². The van der Waals surface area contributed by atoms with E-state index in [4.69, 9.17) is 9.72 Å². The van der Waals surface area contributed by atoms with Gasteiger partial charge in [-0.3, -0.25) is 9.59 Å². The molecule has 0 saturated heterocycles. The van der Waals surface area contributed by atoms with Crippen LogP contribution in [0.15, 0.2) is 66.9 Å². The van der Waals surface area contributed by atoms with Crippen molar-refractivity contribution in [1.29, 1.82) is 0 Å². The molecule has 192 valence electrons. The molecule has 2 aromatic carbocycles. The summed E-state index contributed by atoms with van der Waals surface area (Å²) in [6, 6.07) is 18.9. The number of ether oxygens (including phenoxy) is 1. The highest BCUT2D eigenvalue weighted by Crippen LogP contribution is 2.30. The van der Waals surface area contributed by atoms with Crippen molar-refractivity contribution in [2.24, 2.45) is 0 Å². The first-order valence-corrected chi connectivity index (χ1v) is 12.5. The molecule has 2 heterocycles. The lowest BCUT2D eigenvalue weighted by Crippen LogP contribution is -2.30. The van der Waals surface area contributed by atoms with Crippen molar-refractivity contribution < 1.29 is 14.3 Å². The fourth-order valence-corrected chi connectivity index (χ4v) is 4.14. The Morgan fingerprint density at radius 1 is 1.05 bits per heavy atom. The molecule has 1 unspecified atom stereocenters. The third-order valence-electron chi connectivity index (χ3n) is 6.23. The Balaban J connectivity index is 1.70. The number of amides is 2. The number of carbonyl (C=O) groups is 2. The highest BCUT2D eigenvalue weighted by Gasteiger charge is 2.23. The first kappa shape index (κ1) is 25.9. The van der Waals surface area contributed by atoms with Gasteiger partial charge >= 0.3 is 0 Å². The summed E-state index contributed by atoms with van der Waals surface area (Å²) in [5.41, 5.74) is 3.62.